The average molecular weight is 900 g/mol. The van der Waals surface area contributed by atoms with Gasteiger partial charge in [0.15, 0.2) is 0 Å². The molecule has 2 fully saturated rings. The molecule has 65 heavy (non-hydrogen) atoms. The molecule has 3 amide bonds. The van der Waals surface area contributed by atoms with Crippen molar-refractivity contribution in [3.05, 3.63) is 58.7 Å². The molecule has 6 rings (SSSR count). The molecule has 358 valence electrons. The van der Waals surface area contributed by atoms with Gasteiger partial charge in [0.25, 0.3) is 0 Å². The molecule has 0 saturated heterocycles. The fourth-order valence-electron chi connectivity index (χ4n) is 12.2. The topological polar surface area (TPSA) is 212 Å². The van der Waals surface area contributed by atoms with Gasteiger partial charge in [-0.1, -0.05) is 52.7 Å². The van der Waals surface area contributed by atoms with E-state index in [4.69, 9.17) is 20.9 Å². The maximum atomic E-state index is 14.8. The van der Waals surface area contributed by atoms with Crippen molar-refractivity contribution in [3.8, 4) is 0 Å². The number of hydrogen-bond acceptors (Lipinski definition) is 10. The Bertz CT molecular complexity index is 2140. The number of aliphatic hydroxyl groups excluding tert-OH is 1. The second-order valence-electron chi connectivity index (χ2n) is 22.7. The number of nitrogens with two attached hydrogens (primary N) is 2. The lowest BCUT2D eigenvalue weighted by molar-refractivity contribution is -0.156. The first-order valence-electron chi connectivity index (χ1n) is 24.0. The number of carbonyl (C=O) groups is 5. The lowest BCUT2D eigenvalue weighted by atomic mass is 9.48. The van der Waals surface area contributed by atoms with E-state index in [0.29, 0.717) is 17.8 Å². The van der Waals surface area contributed by atoms with Crippen LogP contribution in [0, 0.1) is 22.7 Å². The third-order valence-corrected chi connectivity index (χ3v) is 15.5. The summed E-state index contributed by atoms with van der Waals surface area (Å²) in [5.41, 5.74) is 15.2. The SMILES string of the molecule is CC(C)(C)OC(=O)CC[C@H](N)C(=O)Nc1ccc2c(c1)[C@@]1(C)CCC[C@](C)(C(O)NC(=O)[C@@]3(C)CCC[C@]4(C)c5cc(NC(=O)[C@@H](N)CCC(=O)OC(C)(C)C)ccc5CC[C@@H]34)[C@@H]1CC2. The fourth-order valence-corrected chi connectivity index (χ4v) is 12.2. The molecule has 13 heteroatoms. The highest BCUT2D eigenvalue weighted by Gasteiger charge is 2.58. The van der Waals surface area contributed by atoms with Crippen molar-refractivity contribution in [3.63, 3.8) is 0 Å². The summed E-state index contributed by atoms with van der Waals surface area (Å²) in [4.78, 5) is 65.8. The molecule has 2 aromatic carbocycles. The summed E-state index contributed by atoms with van der Waals surface area (Å²) in [6.45, 7) is 19.5. The number of carbonyl (C=O) groups excluding carboxylic acids is 5. The van der Waals surface area contributed by atoms with Crippen LogP contribution in [0.5, 0.6) is 0 Å². The third-order valence-electron chi connectivity index (χ3n) is 15.5. The number of esters is 2. The zero-order valence-corrected chi connectivity index (χ0v) is 40.7. The third kappa shape index (κ3) is 10.8. The van der Waals surface area contributed by atoms with Crippen LogP contribution in [0.3, 0.4) is 0 Å². The van der Waals surface area contributed by atoms with E-state index < -0.39 is 52.3 Å². The number of aryl methyl sites for hydroxylation is 2. The minimum Gasteiger partial charge on any atom is -0.460 e. The van der Waals surface area contributed by atoms with E-state index in [2.05, 4.69) is 61.8 Å². The van der Waals surface area contributed by atoms with Crippen molar-refractivity contribution in [1.29, 1.82) is 0 Å². The van der Waals surface area contributed by atoms with Gasteiger partial charge >= 0.3 is 11.9 Å². The highest BCUT2D eigenvalue weighted by molar-refractivity contribution is 5.96. The smallest absolute Gasteiger partial charge is 0.306 e. The highest BCUT2D eigenvalue weighted by atomic mass is 16.6. The number of benzene rings is 2. The van der Waals surface area contributed by atoms with Gasteiger partial charge in [-0.2, -0.15) is 0 Å². The van der Waals surface area contributed by atoms with Gasteiger partial charge in [-0.05, 0) is 175 Å². The predicted molar refractivity (Wildman–Crippen MR) is 253 cm³/mol. The molecule has 0 heterocycles. The molecule has 0 aromatic heterocycles. The van der Waals surface area contributed by atoms with Crippen LogP contribution in [-0.4, -0.2) is 64.3 Å². The summed E-state index contributed by atoms with van der Waals surface area (Å²) >= 11 is 0. The van der Waals surface area contributed by atoms with E-state index in [9.17, 15) is 29.1 Å². The Morgan fingerprint density at radius 2 is 1.11 bits per heavy atom. The zero-order valence-electron chi connectivity index (χ0n) is 40.7. The normalized spacial score (nSPS) is 28.7. The van der Waals surface area contributed by atoms with Gasteiger partial charge in [-0.3, -0.25) is 24.0 Å². The number of nitrogens with one attached hydrogen (secondary N) is 3. The van der Waals surface area contributed by atoms with Crippen LogP contribution in [0.2, 0.25) is 0 Å². The van der Waals surface area contributed by atoms with Crippen LogP contribution >= 0.6 is 0 Å². The lowest BCUT2D eigenvalue weighted by Gasteiger charge is -2.58. The number of ether oxygens (including phenoxy) is 2. The van der Waals surface area contributed by atoms with E-state index in [-0.39, 0.29) is 66.1 Å². The number of fused-ring (bicyclic) bond motifs is 6. The number of amides is 3. The molecule has 2 saturated carbocycles. The second-order valence-corrected chi connectivity index (χ2v) is 22.7. The molecule has 1 unspecified atom stereocenters. The average Bonchev–Trinajstić information content (AvgIpc) is 3.20. The van der Waals surface area contributed by atoms with Crippen molar-refractivity contribution >= 4 is 41.0 Å². The van der Waals surface area contributed by atoms with Crippen molar-refractivity contribution in [1.82, 2.24) is 5.32 Å². The summed E-state index contributed by atoms with van der Waals surface area (Å²) in [5, 5.41) is 21.5. The summed E-state index contributed by atoms with van der Waals surface area (Å²) in [7, 11) is 0. The van der Waals surface area contributed by atoms with Crippen LogP contribution in [0.4, 0.5) is 11.4 Å². The fraction of sp³-hybridized carbons (Fsp3) is 0.673. The van der Waals surface area contributed by atoms with Gasteiger partial charge in [0.05, 0.1) is 17.5 Å². The number of aliphatic hydroxyl groups is 1. The zero-order chi connectivity index (χ0) is 47.9. The summed E-state index contributed by atoms with van der Waals surface area (Å²) in [5.74, 6) is -1.60. The van der Waals surface area contributed by atoms with Crippen LogP contribution in [0.25, 0.3) is 0 Å². The van der Waals surface area contributed by atoms with Gasteiger partial charge in [0.1, 0.15) is 17.4 Å². The number of hydrogen-bond donors (Lipinski definition) is 6. The van der Waals surface area contributed by atoms with Crippen LogP contribution in [0.1, 0.15) is 169 Å². The van der Waals surface area contributed by atoms with Crippen molar-refractivity contribution in [2.45, 2.75) is 199 Å². The van der Waals surface area contributed by atoms with Gasteiger partial charge in [-0.25, -0.2) is 0 Å². The predicted octanol–water partition coefficient (Wildman–Crippen LogP) is 7.62. The first-order chi connectivity index (χ1) is 30.2. The number of anilines is 2. The Morgan fingerprint density at radius 1 is 0.677 bits per heavy atom. The van der Waals surface area contributed by atoms with E-state index in [1.54, 1.807) is 41.5 Å². The Hall–Kier alpha value is -4.33. The maximum absolute atomic E-state index is 14.8. The largest absolute Gasteiger partial charge is 0.460 e. The van der Waals surface area contributed by atoms with Crippen LogP contribution < -0.4 is 27.4 Å². The minimum atomic E-state index is -1.07. The highest BCUT2D eigenvalue weighted by Crippen LogP contribution is 2.60. The molecular formula is C52H77N5O8. The Morgan fingerprint density at radius 3 is 1.57 bits per heavy atom. The molecule has 4 aliphatic rings. The standard InChI is InChI=1S/C52H77N5O8/c1-47(2,3)64-41(58)23-19-37(53)43(60)55-33-17-13-31-15-21-39-49(7,35(31)29-33)25-11-27-51(39,9)45(62)57-46(63)52(10)28-12-26-50(8)36-30-34(18-14-32(36)16-22-40(50)52)56-44(61)38(54)20-24-42(59)65-48(4,5)6/h13-14,17-18,29-30,37-40,45,62H,11-12,15-16,19-28,53-54H2,1-10H3,(H,55,60)(H,56,61)(H,57,63)/t37-,38-,39+,40+,45?,49+,50+,51-,52-/m0/s1. The van der Waals surface area contributed by atoms with E-state index in [1.807, 2.05) is 18.2 Å². The van der Waals surface area contributed by atoms with Gasteiger partial charge < -0.3 is 42.0 Å². The van der Waals surface area contributed by atoms with E-state index in [0.717, 1.165) is 68.9 Å². The molecule has 0 bridgehead atoms. The Kier molecular flexibility index (Phi) is 14.4. The molecular weight excluding hydrogens is 823 g/mol. The monoisotopic (exact) mass is 900 g/mol. The van der Waals surface area contributed by atoms with Crippen molar-refractivity contribution in [2.24, 2.45) is 34.1 Å². The molecule has 2 aromatic rings. The molecule has 0 radical (unpaired) electrons. The summed E-state index contributed by atoms with van der Waals surface area (Å²) in [6, 6.07) is 10.3. The molecule has 8 N–H and O–H groups in total. The molecule has 0 aliphatic heterocycles. The Balaban J connectivity index is 1.13. The van der Waals surface area contributed by atoms with Crippen molar-refractivity contribution in [2.75, 3.05) is 10.6 Å². The second kappa shape index (κ2) is 18.7. The number of rotatable bonds is 13. The summed E-state index contributed by atoms with van der Waals surface area (Å²) < 4.78 is 10.8. The minimum absolute atomic E-state index is 0.00414. The molecule has 13 nitrogen and oxygen atoms in total. The molecule has 4 aliphatic carbocycles. The first kappa shape index (κ1) is 50.1. The van der Waals surface area contributed by atoms with Gasteiger partial charge in [0.2, 0.25) is 17.7 Å². The maximum Gasteiger partial charge on any atom is 0.306 e. The van der Waals surface area contributed by atoms with Crippen LogP contribution in [-0.2, 0) is 57.1 Å². The molecule has 0 spiro atoms. The molecule has 9 atom stereocenters. The lowest BCUT2D eigenvalue weighted by Crippen LogP contribution is -2.61. The first-order valence-corrected chi connectivity index (χ1v) is 24.0. The summed E-state index contributed by atoms with van der Waals surface area (Å²) in [6.07, 6.45) is 7.58. The quantitative estimate of drug-likeness (QED) is 0.0855. The van der Waals surface area contributed by atoms with Crippen LogP contribution in [0.15, 0.2) is 36.4 Å². The van der Waals surface area contributed by atoms with E-state index in [1.165, 1.54) is 11.1 Å². The van der Waals surface area contributed by atoms with Crippen molar-refractivity contribution < 1.29 is 38.6 Å². The van der Waals surface area contributed by atoms with Gasteiger partial charge in [-0.15, -0.1) is 0 Å². The Labute approximate surface area is 386 Å². The van der Waals surface area contributed by atoms with Gasteiger partial charge in [0, 0.05) is 29.6 Å². The van der Waals surface area contributed by atoms with E-state index >= 15 is 0 Å².